The predicted molar refractivity (Wildman–Crippen MR) is 66.9 cm³/mol. The van der Waals surface area contributed by atoms with E-state index < -0.39 is 0 Å². The van der Waals surface area contributed by atoms with Crippen molar-refractivity contribution in [3.8, 4) is 12.3 Å². The van der Waals surface area contributed by atoms with Crippen molar-refractivity contribution in [2.75, 3.05) is 40.9 Å². The molecule has 96 valence electrons. The van der Waals surface area contributed by atoms with E-state index in [0.717, 1.165) is 0 Å². The molecule has 0 fully saturated rings. The Morgan fingerprint density at radius 1 is 1.29 bits per heavy atom. The summed E-state index contributed by atoms with van der Waals surface area (Å²) < 4.78 is 4.92. The molecule has 6 nitrogen and oxygen atoms in total. The van der Waals surface area contributed by atoms with Gasteiger partial charge in [-0.3, -0.25) is 4.79 Å². The molecular weight excluding hydrogens is 220 g/mol. The normalized spacial score (nSPS) is 10.9. The number of rotatable bonds is 8. The lowest BCUT2D eigenvalue weighted by molar-refractivity contribution is -0.117. The van der Waals surface area contributed by atoms with Crippen LogP contribution in [-0.4, -0.2) is 46.8 Å². The average Bonchev–Trinajstić information content (AvgIpc) is 2.35. The molecule has 0 saturated heterocycles. The molecular formula is C11H20N4O2. The van der Waals surface area contributed by atoms with Gasteiger partial charge < -0.3 is 26.0 Å². The van der Waals surface area contributed by atoms with E-state index in [2.05, 4.69) is 27.2 Å². The fourth-order valence-corrected chi connectivity index (χ4v) is 1.15. The summed E-state index contributed by atoms with van der Waals surface area (Å²) in [7, 11) is 5.00. The molecule has 0 unspecified atom stereocenters. The number of ether oxygens (including phenoxy) is 1. The Morgan fingerprint density at radius 2 is 2.00 bits per heavy atom. The first-order valence-corrected chi connectivity index (χ1v) is 5.25. The smallest absolute Gasteiger partial charge is 0.271 e. The molecule has 0 bridgehead atoms. The molecule has 0 aromatic rings. The number of nitrogens with one attached hydrogen (secondary N) is 4. The molecule has 0 saturated carbocycles. The Morgan fingerprint density at radius 3 is 2.47 bits per heavy atom. The van der Waals surface area contributed by atoms with Crippen molar-refractivity contribution >= 4 is 5.91 Å². The lowest BCUT2D eigenvalue weighted by atomic mass is 10.3. The van der Waals surface area contributed by atoms with Gasteiger partial charge in [0.25, 0.3) is 5.91 Å². The highest BCUT2D eigenvalue weighted by molar-refractivity contribution is 5.93. The molecule has 4 N–H and O–H groups in total. The van der Waals surface area contributed by atoms with Crippen molar-refractivity contribution in [2.24, 2.45) is 0 Å². The minimum Gasteiger partial charge on any atom is -0.383 e. The Bertz CT molecular complexity index is 307. The third-order valence-corrected chi connectivity index (χ3v) is 1.94. The molecule has 0 aliphatic rings. The highest BCUT2D eigenvalue weighted by Gasteiger charge is 2.12. The molecule has 0 atom stereocenters. The van der Waals surface area contributed by atoms with Crippen LogP contribution in [-0.2, 0) is 9.53 Å². The van der Waals surface area contributed by atoms with Gasteiger partial charge in [-0.1, -0.05) is 5.92 Å². The maximum Gasteiger partial charge on any atom is 0.271 e. The van der Waals surface area contributed by atoms with Gasteiger partial charge in [-0.2, -0.15) is 0 Å². The van der Waals surface area contributed by atoms with Crippen molar-refractivity contribution in [1.82, 2.24) is 21.3 Å². The second-order valence-electron chi connectivity index (χ2n) is 3.06. The van der Waals surface area contributed by atoms with Crippen LogP contribution in [0.15, 0.2) is 11.5 Å². The van der Waals surface area contributed by atoms with Crippen molar-refractivity contribution in [2.45, 2.75) is 0 Å². The maximum absolute atomic E-state index is 11.7. The average molecular weight is 240 g/mol. The number of carbonyl (C=O) groups is 1. The third-order valence-electron chi connectivity index (χ3n) is 1.94. The summed E-state index contributed by atoms with van der Waals surface area (Å²) in [6, 6.07) is 0. The summed E-state index contributed by atoms with van der Waals surface area (Å²) in [4.78, 5) is 11.7. The minimum atomic E-state index is -0.264. The minimum absolute atomic E-state index is 0.194. The molecule has 0 heterocycles. The first-order valence-electron chi connectivity index (χ1n) is 5.25. The van der Waals surface area contributed by atoms with E-state index in [-0.39, 0.29) is 12.5 Å². The van der Waals surface area contributed by atoms with Crippen molar-refractivity contribution in [1.29, 1.82) is 0 Å². The zero-order valence-corrected chi connectivity index (χ0v) is 10.5. The molecule has 0 aromatic carbocycles. The van der Waals surface area contributed by atoms with E-state index in [9.17, 15) is 4.79 Å². The molecule has 0 rings (SSSR count). The summed E-state index contributed by atoms with van der Waals surface area (Å²) in [6.45, 7) is 1.34. The van der Waals surface area contributed by atoms with Crippen LogP contribution in [0.4, 0.5) is 0 Å². The van der Waals surface area contributed by atoms with Crippen LogP contribution < -0.4 is 21.3 Å². The second-order valence-corrected chi connectivity index (χ2v) is 3.06. The van der Waals surface area contributed by atoms with Gasteiger partial charge in [-0.25, -0.2) is 0 Å². The molecule has 17 heavy (non-hydrogen) atoms. The fourth-order valence-electron chi connectivity index (χ4n) is 1.15. The number of terminal acetylenes is 1. The van der Waals surface area contributed by atoms with E-state index in [1.165, 1.54) is 0 Å². The van der Waals surface area contributed by atoms with Gasteiger partial charge in [-0.15, -0.1) is 6.42 Å². The summed E-state index contributed by atoms with van der Waals surface area (Å²) in [5, 5.41) is 11.4. The largest absolute Gasteiger partial charge is 0.383 e. The molecule has 0 spiro atoms. The Balaban J connectivity index is 4.60. The highest BCUT2D eigenvalue weighted by atomic mass is 16.5. The zero-order chi connectivity index (χ0) is 13.1. The van der Waals surface area contributed by atoms with E-state index in [4.69, 9.17) is 11.2 Å². The molecule has 0 radical (unpaired) electrons. The third kappa shape index (κ3) is 5.68. The Labute approximate surface area is 102 Å². The van der Waals surface area contributed by atoms with E-state index in [1.54, 1.807) is 21.2 Å². The Kier molecular flexibility index (Phi) is 8.33. The van der Waals surface area contributed by atoms with E-state index in [1.807, 2.05) is 0 Å². The number of amides is 1. The highest BCUT2D eigenvalue weighted by Crippen LogP contribution is 1.93. The van der Waals surface area contributed by atoms with Crippen LogP contribution >= 0.6 is 0 Å². The molecule has 0 aromatic heterocycles. The Hall–Kier alpha value is -1.87. The van der Waals surface area contributed by atoms with Gasteiger partial charge in [0.05, 0.1) is 13.2 Å². The van der Waals surface area contributed by atoms with Crippen LogP contribution in [0.5, 0.6) is 0 Å². The molecule has 0 aliphatic carbocycles. The number of likely N-dealkylation sites (N-methyl/N-ethyl adjacent to an activating group) is 1. The van der Waals surface area contributed by atoms with Gasteiger partial charge in [-0.05, 0) is 0 Å². The first kappa shape index (κ1) is 15.1. The molecule has 0 aliphatic heterocycles. The van der Waals surface area contributed by atoms with Crippen molar-refractivity contribution in [3.05, 3.63) is 11.5 Å². The van der Waals surface area contributed by atoms with Gasteiger partial charge in [0.1, 0.15) is 11.5 Å². The monoisotopic (exact) mass is 240 g/mol. The van der Waals surface area contributed by atoms with Gasteiger partial charge in [0.15, 0.2) is 0 Å². The summed E-state index contributed by atoms with van der Waals surface area (Å²) in [6.07, 6.45) is 5.08. The fraction of sp³-hybridized carbons (Fsp3) is 0.545. The van der Waals surface area contributed by atoms with Gasteiger partial charge >= 0.3 is 0 Å². The lowest BCUT2D eigenvalue weighted by Crippen LogP contribution is -2.38. The van der Waals surface area contributed by atoms with Crippen molar-refractivity contribution < 1.29 is 9.53 Å². The predicted octanol–water partition coefficient (Wildman–Crippen LogP) is -1.42. The van der Waals surface area contributed by atoms with Crippen LogP contribution in [0.2, 0.25) is 0 Å². The van der Waals surface area contributed by atoms with Crippen LogP contribution in [0.3, 0.4) is 0 Å². The summed E-state index contributed by atoms with van der Waals surface area (Å²) in [5.74, 6) is 2.68. The van der Waals surface area contributed by atoms with E-state index in [0.29, 0.717) is 24.7 Å². The van der Waals surface area contributed by atoms with Gasteiger partial charge in [0, 0.05) is 27.7 Å². The quantitative estimate of drug-likeness (QED) is 0.238. The number of methoxy groups -OCH3 is 1. The summed E-state index contributed by atoms with van der Waals surface area (Å²) in [5.41, 5.74) is 0.402. The topological polar surface area (TPSA) is 74.4 Å². The standard InChI is InChI=1S/C11H20N4O2/c1-5-6-15-11(16)9(12-2)10(13-3)14-7-8-17-4/h1,12-14H,6-8H2,2-4H3,(H,15,16)/b10-9+. The van der Waals surface area contributed by atoms with E-state index >= 15 is 0 Å². The SMILES string of the molecule is C#CCNC(=O)/C(NC)=C(/NC)NCCOC. The lowest BCUT2D eigenvalue weighted by Gasteiger charge is -2.15. The number of hydrogen-bond acceptors (Lipinski definition) is 5. The van der Waals surface area contributed by atoms with Crippen molar-refractivity contribution in [3.63, 3.8) is 0 Å². The summed E-state index contributed by atoms with van der Waals surface area (Å²) >= 11 is 0. The number of hydrogen-bond donors (Lipinski definition) is 4. The number of carbonyl (C=O) groups excluding carboxylic acids is 1. The first-order chi connectivity index (χ1) is 8.21. The van der Waals surface area contributed by atoms with Crippen LogP contribution in [0.1, 0.15) is 0 Å². The second kappa shape index (κ2) is 9.36. The van der Waals surface area contributed by atoms with Crippen LogP contribution in [0, 0.1) is 12.3 Å². The zero-order valence-electron chi connectivity index (χ0n) is 10.5. The molecule has 6 heteroatoms. The van der Waals surface area contributed by atoms with Gasteiger partial charge in [0.2, 0.25) is 0 Å². The maximum atomic E-state index is 11.7. The molecule has 1 amide bonds. The van der Waals surface area contributed by atoms with Crippen LogP contribution in [0.25, 0.3) is 0 Å².